The van der Waals surface area contributed by atoms with Gasteiger partial charge in [-0.3, -0.25) is 0 Å². The molecule has 4 heteroatoms. The summed E-state index contributed by atoms with van der Waals surface area (Å²) in [6.45, 7) is 7.57. The molecule has 0 aliphatic heterocycles. The maximum absolute atomic E-state index is 8.72. The van der Waals surface area contributed by atoms with Crippen LogP contribution in [0.2, 0.25) is 0 Å². The number of imidazole rings is 1. The normalized spacial score (nSPS) is 11.3. The minimum atomic E-state index is 0.298. The van der Waals surface area contributed by atoms with Crippen molar-refractivity contribution in [2.75, 3.05) is 13.2 Å². The van der Waals surface area contributed by atoms with E-state index in [1.54, 1.807) is 0 Å². The quantitative estimate of drug-likeness (QED) is 0.646. The number of aliphatic hydroxyl groups excluding tert-OH is 1. The van der Waals surface area contributed by atoms with Gasteiger partial charge in [0.15, 0.2) is 0 Å². The molecule has 4 nitrogen and oxygen atoms in total. The zero-order valence-corrected chi connectivity index (χ0v) is 11.0. The summed E-state index contributed by atoms with van der Waals surface area (Å²) in [4.78, 5) is 4.36. The molecular weight excluding hydrogens is 214 g/mol. The molecule has 1 aromatic rings. The summed E-state index contributed by atoms with van der Waals surface area (Å²) in [6, 6.07) is 0. The van der Waals surface area contributed by atoms with Crippen molar-refractivity contribution < 1.29 is 5.11 Å². The number of unbranched alkanes of at least 4 members (excludes halogenated alkanes) is 2. The van der Waals surface area contributed by atoms with Crippen LogP contribution in [0.25, 0.3) is 0 Å². The molecule has 0 saturated carbocycles. The smallest absolute Gasteiger partial charge is 0.122 e. The molecule has 1 heterocycles. The average Bonchev–Trinajstić information content (AvgIpc) is 2.72. The molecule has 0 saturated heterocycles. The number of hydrogen-bond acceptors (Lipinski definition) is 3. The Balaban J connectivity index is 2.27. The third-order valence-electron chi connectivity index (χ3n) is 2.69. The Morgan fingerprint density at radius 1 is 1.35 bits per heavy atom. The van der Waals surface area contributed by atoms with Crippen LogP contribution in [0.3, 0.4) is 0 Å². The predicted molar refractivity (Wildman–Crippen MR) is 69.7 cm³/mol. The van der Waals surface area contributed by atoms with Crippen molar-refractivity contribution in [1.29, 1.82) is 0 Å². The van der Waals surface area contributed by atoms with Crippen molar-refractivity contribution >= 4 is 0 Å². The van der Waals surface area contributed by atoms with Crippen molar-refractivity contribution in [2.24, 2.45) is 5.92 Å². The lowest BCUT2D eigenvalue weighted by Gasteiger charge is -2.10. The van der Waals surface area contributed by atoms with E-state index in [9.17, 15) is 0 Å². The van der Waals surface area contributed by atoms with Gasteiger partial charge in [-0.05, 0) is 31.7 Å². The Morgan fingerprint density at radius 3 is 2.88 bits per heavy atom. The number of aryl methyl sites for hydroxylation is 1. The SMILES string of the molecule is CC(C)CNCc1nccn1CCCCCO. The molecule has 0 amide bonds. The molecular formula is C13H25N3O. The van der Waals surface area contributed by atoms with Crippen LogP contribution in [0.15, 0.2) is 12.4 Å². The van der Waals surface area contributed by atoms with Crippen LogP contribution in [-0.2, 0) is 13.1 Å². The fourth-order valence-corrected chi connectivity index (χ4v) is 1.75. The Bertz CT molecular complexity index is 297. The number of hydrogen-bond donors (Lipinski definition) is 2. The molecule has 0 spiro atoms. The van der Waals surface area contributed by atoms with E-state index < -0.39 is 0 Å². The van der Waals surface area contributed by atoms with Crippen LogP contribution in [0.5, 0.6) is 0 Å². The lowest BCUT2D eigenvalue weighted by Crippen LogP contribution is -2.21. The van der Waals surface area contributed by atoms with Crippen LogP contribution >= 0.6 is 0 Å². The largest absolute Gasteiger partial charge is 0.396 e. The molecule has 0 bridgehead atoms. The number of nitrogens with one attached hydrogen (secondary N) is 1. The lowest BCUT2D eigenvalue weighted by molar-refractivity contribution is 0.281. The van der Waals surface area contributed by atoms with E-state index in [1.807, 2.05) is 12.4 Å². The lowest BCUT2D eigenvalue weighted by atomic mass is 10.2. The second-order valence-corrected chi connectivity index (χ2v) is 4.85. The van der Waals surface area contributed by atoms with Crippen LogP contribution < -0.4 is 5.32 Å². The highest BCUT2D eigenvalue weighted by Gasteiger charge is 2.02. The van der Waals surface area contributed by atoms with Crippen molar-refractivity contribution in [1.82, 2.24) is 14.9 Å². The molecule has 0 aliphatic carbocycles. The van der Waals surface area contributed by atoms with E-state index in [0.717, 1.165) is 44.7 Å². The summed E-state index contributed by atoms with van der Waals surface area (Å²) in [5.74, 6) is 1.78. The van der Waals surface area contributed by atoms with Crippen LogP contribution in [0.4, 0.5) is 0 Å². The summed E-state index contributed by atoms with van der Waals surface area (Å²) < 4.78 is 2.20. The van der Waals surface area contributed by atoms with Crippen molar-refractivity contribution in [3.8, 4) is 0 Å². The Hall–Kier alpha value is -0.870. The van der Waals surface area contributed by atoms with Gasteiger partial charge in [0.25, 0.3) is 0 Å². The molecule has 98 valence electrons. The molecule has 0 aromatic carbocycles. The van der Waals surface area contributed by atoms with Gasteiger partial charge in [-0.15, -0.1) is 0 Å². The monoisotopic (exact) mass is 239 g/mol. The van der Waals surface area contributed by atoms with E-state index in [2.05, 4.69) is 28.7 Å². The van der Waals surface area contributed by atoms with Crippen molar-refractivity contribution in [2.45, 2.75) is 46.2 Å². The van der Waals surface area contributed by atoms with Gasteiger partial charge in [0.1, 0.15) is 5.82 Å². The Labute approximate surface area is 104 Å². The fraction of sp³-hybridized carbons (Fsp3) is 0.769. The summed E-state index contributed by atoms with van der Waals surface area (Å²) in [6.07, 6.45) is 6.97. The third-order valence-corrected chi connectivity index (χ3v) is 2.69. The minimum Gasteiger partial charge on any atom is -0.396 e. The van der Waals surface area contributed by atoms with Gasteiger partial charge >= 0.3 is 0 Å². The summed E-state index contributed by atoms with van der Waals surface area (Å²) in [7, 11) is 0. The number of rotatable bonds is 9. The van der Waals surface area contributed by atoms with E-state index in [1.165, 1.54) is 0 Å². The molecule has 0 radical (unpaired) electrons. The van der Waals surface area contributed by atoms with Gasteiger partial charge in [-0.25, -0.2) is 4.98 Å². The molecule has 1 rings (SSSR count). The van der Waals surface area contributed by atoms with E-state index in [0.29, 0.717) is 12.5 Å². The van der Waals surface area contributed by atoms with E-state index >= 15 is 0 Å². The van der Waals surface area contributed by atoms with Gasteiger partial charge < -0.3 is 15.0 Å². The highest BCUT2D eigenvalue weighted by Crippen LogP contribution is 2.03. The molecule has 0 unspecified atom stereocenters. The second kappa shape index (κ2) is 8.25. The molecule has 0 fully saturated rings. The Kier molecular flexibility index (Phi) is 6.89. The standard InChI is InChI=1S/C13H25N3O/c1-12(2)10-14-11-13-15-6-8-16(13)7-4-3-5-9-17/h6,8,12,14,17H,3-5,7,9-11H2,1-2H3. The minimum absolute atomic E-state index is 0.298. The first-order valence-electron chi connectivity index (χ1n) is 6.55. The maximum Gasteiger partial charge on any atom is 0.122 e. The second-order valence-electron chi connectivity index (χ2n) is 4.85. The van der Waals surface area contributed by atoms with E-state index in [4.69, 9.17) is 5.11 Å². The molecule has 2 N–H and O–H groups in total. The predicted octanol–water partition coefficient (Wildman–Crippen LogP) is 1.79. The number of aliphatic hydroxyl groups is 1. The summed E-state index contributed by atoms with van der Waals surface area (Å²) >= 11 is 0. The molecule has 17 heavy (non-hydrogen) atoms. The molecule has 0 atom stereocenters. The zero-order valence-electron chi connectivity index (χ0n) is 11.0. The van der Waals surface area contributed by atoms with Crippen molar-refractivity contribution in [3.63, 3.8) is 0 Å². The first-order chi connectivity index (χ1) is 8.24. The number of aromatic nitrogens is 2. The van der Waals surface area contributed by atoms with Gasteiger partial charge in [0.2, 0.25) is 0 Å². The molecule has 1 aromatic heterocycles. The van der Waals surface area contributed by atoms with Crippen LogP contribution in [-0.4, -0.2) is 27.8 Å². The van der Waals surface area contributed by atoms with Gasteiger partial charge in [-0.1, -0.05) is 13.8 Å². The summed E-state index contributed by atoms with van der Waals surface area (Å²) in [5.41, 5.74) is 0. The highest BCUT2D eigenvalue weighted by molar-refractivity contribution is 4.91. The maximum atomic E-state index is 8.72. The van der Waals surface area contributed by atoms with Gasteiger partial charge in [0.05, 0.1) is 6.54 Å². The molecule has 0 aliphatic rings. The first-order valence-corrected chi connectivity index (χ1v) is 6.55. The highest BCUT2D eigenvalue weighted by atomic mass is 16.2. The van der Waals surface area contributed by atoms with Gasteiger partial charge in [-0.2, -0.15) is 0 Å². The van der Waals surface area contributed by atoms with Crippen LogP contribution in [0.1, 0.15) is 38.9 Å². The Morgan fingerprint density at radius 2 is 2.18 bits per heavy atom. The van der Waals surface area contributed by atoms with Gasteiger partial charge in [0, 0.05) is 25.5 Å². The topological polar surface area (TPSA) is 50.1 Å². The van der Waals surface area contributed by atoms with E-state index in [-0.39, 0.29) is 0 Å². The third kappa shape index (κ3) is 5.84. The fourth-order valence-electron chi connectivity index (χ4n) is 1.75. The van der Waals surface area contributed by atoms with Crippen LogP contribution in [0, 0.1) is 5.92 Å². The average molecular weight is 239 g/mol. The number of nitrogens with zero attached hydrogens (tertiary/aromatic N) is 2. The zero-order chi connectivity index (χ0) is 12.5. The summed E-state index contributed by atoms with van der Waals surface area (Å²) in [5, 5.41) is 12.1. The van der Waals surface area contributed by atoms with Crippen molar-refractivity contribution in [3.05, 3.63) is 18.2 Å². The first kappa shape index (κ1) is 14.2.